The van der Waals surface area contributed by atoms with E-state index in [2.05, 4.69) is 20.8 Å². The van der Waals surface area contributed by atoms with Gasteiger partial charge in [0, 0.05) is 18.8 Å². The highest BCUT2D eigenvalue weighted by molar-refractivity contribution is 8.00. The van der Waals surface area contributed by atoms with Gasteiger partial charge < -0.3 is 24.7 Å². The predicted molar refractivity (Wildman–Crippen MR) is 120 cm³/mol. The predicted octanol–water partition coefficient (Wildman–Crippen LogP) is 3.29. The number of thioether (sulfide) groups is 1. The molecule has 0 saturated heterocycles. The first kappa shape index (κ1) is 22.6. The number of fused-ring (bicyclic) bond motifs is 1. The van der Waals surface area contributed by atoms with Gasteiger partial charge in [0.05, 0.1) is 16.9 Å². The van der Waals surface area contributed by atoms with Crippen molar-refractivity contribution in [3.63, 3.8) is 0 Å². The third-order valence-corrected chi connectivity index (χ3v) is 6.15. The molecule has 0 spiro atoms. The van der Waals surface area contributed by atoms with Crippen LogP contribution in [0.1, 0.15) is 36.1 Å². The van der Waals surface area contributed by atoms with Crippen LogP contribution >= 0.6 is 11.8 Å². The highest BCUT2D eigenvalue weighted by Gasteiger charge is 2.23. The maximum atomic E-state index is 13.9. The molecule has 2 heterocycles. The highest BCUT2D eigenvalue weighted by atomic mass is 32.2. The number of halogens is 1. The molecule has 1 aromatic heterocycles. The lowest BCUT2D eigenvalue weighted by Crippen LogP contribution is -2.29. The van der Waals surface area contributed by atoms with E-state index in [9.17, 15) is 14.0 Å². The van der Waals surface area contributed by atoms with E-state index in [4.69, 9.17) is 9.47 Å². The topological polar surface area (TPSA) is 107 Å². The summed E-state index contributed by atoms with van der Waals surface area (Å²) >= 11 is 1.23. The van der Waals surface area contributed by atoms with Crippen molar-refractivity contribution in [1.29, 1.82) is 0 Å². The van der Waals surface area contributed by atoms with Crippen LogP contribution in [-0.2, 0) is 11.8 Å². The minimum atomic E-state index is -0.598. The van der Waals surface area contributed by atoms with E-state index >= 15 is 0 Å². The van der Waals surface area contributed by atoms with E-state index < -0.39 is 23.0 Å². The van der Waals surface area contributed by atoms with Gasteiger partial charge >= 0.3 is 0 Å². The third-order valence-electron chi connectivity index (χ3n) is 5.01. The largest absolute Gasteiger partial charge is 0.454 e. The van der Waals surface area contributed by atoms with Crippen LogP contribution in [0.4, 0.5) is 10.1 Å². The monoisotopic (exact) mass is 471 g/mol. The first-order valence-corrected chi connectivity index (χ1v) is 11.0. The van der Waals surface area contributed by atoms with Gasteiger partial charge in [0.25, 0.3) is 5.91 Å². The molecule has 11 heteroatoms. The zero-order valence-corrected chi connectivity index (χ0v) is 19.0. The van der Waals surface area contributed by atoms with Crippen LogP contribution in [0, 0.1) is 5.82 Å². The third kappa shape index (κ3) is 4.92. The van der Waals surface area contributed by atoms with Gasteiger partial charge in [-0.1, -0.05) is 23.9 Å². The summed E-state index contributed by atoms with van der Waals surface area (Å²) in [7, 11) is 1.74. The second kappa shape index (κ2) is 9.49. The molecule has 0 saturated carbocycles. The normalized spacial score (nSPS) is 13.9. The van der Waals surface area contributed by atoms with Crippen molar-refractivity contribution in [3.05, 3.63) is 59.7 Å². The molecule has 33 heavy (non-hydrogen) atoms. The van der Waals surface area contributed by atoms with Crippen LogP contribution in [-0.4, -0.2) is 38.6 Å². The molecule has 0 aliphatic carbocycles. The smallest absolute Gasteiger partial charge is 0.254 e. The van der Waals surface area contributed by atoms with Crippen LogP contribution in [0.5, 0.6) is 11.5 Å². The molecule has 1 aliphatic rings. The van der Waals surface area contributed by atoms with Crippen LogP contribution in [0.15, 0.2) is 47.6 Å². The van der Waals surface area contributed by atoms with Gasteiger partial charge in [-0.3, -0.25) is 9.59 Å². The Balaban J connectivity index is 1.38. The number of amides is 2. The molecule has 0 unspecified atom stereocenters. The number of benzene rings is 2. The van der Waals surface area contributed by atoms with Crippen molar-refractivity contribution in [1.82, 2.24) is 20.1 Å². The minimum Gasteiger partial charge on any atom is -0.454 e. The molecule has 9 nitrogen and oxygen atoms in total. The fraction of sp³-hybridized carbons (Fsp3) is 0.273. The van der Waals surface area contributed by atoms with E-state index in [0.29, 0.717) is 28.2 Å². The number of ether oxygens (including phenoxy) is 2. The number of carbonyl (C=O) groups excluding carboxylic acids is 2. The average molecular weight is 472 g/mol. The van der Waals surface area contributed by atoms with Gasteiger partial charge in [-0.15, -0.1) is 10.2 Å². The van der Waals surface area contributed by atoms with Crippen LogP contribution in [0.25, 0.3) is 0 Å². The van der Waals surface area contributed by atoms with E-state index in [1.807, 2.05) is 0 Å². The summed E-state index contributed by atoms with van der Waals surface area (Å²) in [5.74, 6) is 0.332. The van der Waals surface area contributed by atoms with Gasteiger partial charge in [-0.05, 0) is 38.1 Å². The Labute approximate surface area is 193 Å². The first-order valence-electron chi connectivity index (χ1n) is 10.2. The number of hydrogen-bond acceptors (Lipinski definition) is 7. The number of rotatable bonds is 7. The fourth-order valence-electron chi connectivity index (χ4n) is 3.22. The van der Waals surface area contributed by atoms with E-state index in [-0.39, 0.29) is 18.3 Å². The van der Waals surface area contributed by atoms with E-state index in [1.54, 1.807) is 49.7 Å². The molecule has 3 aromatic rings. The molecule has 2 N–H and O–H groups in total. The molecule has 4 rings (SSSR count). The van der Waals surface area contributed by atoms with Gasteiger partial charge in [-0.25, -0.2) is 4.39 Å². The standard InChI is InChI=1S/C22H22FN5O4S/c1-12(24-21(30)15-6-4-5-7-16(15)23)19-26-27-22(28(19)3)33-13(2)20(29)25-14-8-9-17-18(10-14)32-11-31-17/h4-10,12-13H,11H2,1-3H3,(H,24,30)(H,25,29)/t12-,13+/m1/s1. The van der Waals surface area contributed by atoms with Crippen molar-refractivity contribution in [2.45, 2.75) is 30.3 Å². The highest BCUT2D eigenvalue weighted by Crippen LogP contribution is 2.34. The molecule has 172 valence electrons. The van der Waals surface area contributed by atoms with Crippen LogP contribution < -0.4 is 20.1 Å². The molecule has 2 aromatic carbocycles. The second-order valence-electron chi connectivity index (χ2n) is 7.39. The molecule has 1 aliphatic heterocycles. The van der Waals surface area contributed by atoms with Gasteiger partial charge in [0.1, 0.15) is 5.82 Å². The summed E-state index contributed by atoms with van der Waals surface area (Å²) in [4.78, 5) is 25.0. The number of anilines is 1. The Morgan fingerprint density at radius 2 is 1.88 bits per heavy atom. The summed E-state index contributed by atoms with van der Waals surface area (Å²) in [5.41, 5.74) is 0.551. The summed E-state index contributed by atoms with van der Waals surface area (Å²) in [6.07, 6.45) is 0. The van der Waals surface area contributed by atoms with Crippen molar-refractivity contribution in [2.75, 3.05) is 12.1 Å². The molecule has 2 amide bonds. The van der Waals surface area contributed by atoms with Crippen LogP contribution in [0.3, 0.4) is 0 Å². The zero-order chi connectivity index (χ0) is 23.5. The maximum absolute atomic E-state index is 13.9. The Morgan fingerprint density at radius 1 is 1.12 bits per heavy atom. The molecule has 2 atom stereocenters. The van der Waals surface area contributed by atoms with Crippen molar-refractivity contribution >= 4 is 29.3 Å². The number of nitrogens with one attached hydrogen (secondary N) is 2. The van der Waals surface area contributed by atoms with Crippen molar-refractivity contribution in [2.24, 2.45) is 7.05 Å². The fourth-order valence-corrected chi connectivity index (χ4v) is 4.04. The summed E-state index contributed by atoms with van der Waals surface area (Å²) in [6, 6.07) is 10.4. The number of nitrogens with zero attached hydrogens (tertiary/aromatic N) is 3. The average Bonchev–Trinajstić information content (AvgIpc) is 3.40. The number of hydrogen-bond donors (Lipinski definition) is 2. The SMILES string of the molecule is C[C@H](Sc1nnc([C@@H](C)NC(=O)c2ccccc2F)n1C)C(=O)Nc1ccc2c(c1)OCO2. The summed E-state index contributed by atoms with van der Waals surface area (Å²) in [6.45, 7) is 3.64. The number of aromatic nitrogens is 3. The summed E-state index contributed by atoms with van der Waals surface area (Å²) in [5, 5.41) is 13.9. The lowest BCUT2D eigenvalue weighted by atomic mass is 10.2. The lowest BCUT2D eigenvalue weighted by molar-refractivity contribution is -0.115. The van der Waals surface area contributed by atoms with Gasteiger partial charge in [0.15, 0.2) is 22.5 Å². The Hall–Kier alpha value is -3.60. The van der Waals surface area contributed by atoms with Crippen LogP contribution in [0.2, 0.25) is 0 Å². The van der Waals surface area contributed by atoms with Crippen molar-refractivity contribution in [3.8, 4) is 11.5 Å². The molecular weight excluding hydrogens is 449 g/mol. The molecular formula is C22H22FN5O4S. The van der Waals surface area contributed by atoms with E-state index in [1.165, 1.54) is 30.0 Å². The molecule has 0 radical (unpaired) electrons. The van der Waals surface area contributed by atoms with Crippen molar-refractivity contribution < 1.29 is 23.5 Å². The zero-order valence-electron chi connectivity index (χ0n) is 18.2. The van der Waals surface area contributed by atoms with Gasteiger partial charge in [0.2, 0.25) is 12.7 Å². The second-order valence-corrected chi connectivity index (χ2v) is 8.70. The molecule has 0 fully saturated rings. The maximum Gasteiger partial charge on any atom is 0.254 e. The summed E-state index contributed by atoms with van der Waals surface area (Å²) < 4.78 is 26.2. The Bertz CT molecular complexity index is 1200. The lowest BCUT2D eigenvalue weighted by Gasteiger charge is -2.15. The Kier molecular flexibility index (Phi) is 6.50. The Morgan fingerprint density at radius 3 is 2.67 bits per heavy atom. The number of carbonyl (C=O) groups is 2. The first-order chi connectivity index (χ1) is 15.8. The van der Waals surface area contributed by atoms with Gasteiger partial charge in [-0.2, -0.15) is 0 Å². The molecule has 0 bridgehead atoms. The quantitative estimate of drug-likeness (QED) is 0.509. The van der Waals surface area contributed by atoms with E-state index in [0.717, 1.165) is 0 Å². The minimum absolute atomic E-state index is 0.0464.